The summed E-state index contributed by atoms with van der Waals surface area (Å²) in [6.07, 6.45) is 5.30. The van der Waals surface area contributed by atoms with E-state index in [-0.39, 0.29) is 0 Å². The lowest BCUT2D eigenvalue weighted by molar-refractivity contribution is -0.161. The molecule has 0 amide bonds. The number of rotatable bonds is 2. The van der Waals surface area contributed by atoms with Crippen molar-refractivity contribution in [2.24, 2.45) is 11.3 Å². The average Bonchev–Trinajstić information content (AvgIpc) is 2.12. The Labute approximate surface area is 90.2 Å². The van der Waals surface area contributed by atoms with Crippen molar-refractivity contribution in [3.8, 4) is 24.2 Å². The first-order valence-corrected chi connectivity index (χ1v) is 4.47. The maximum atomic E-state index is 11.5. The van der Waals surface area contributed by atoms with Gasteiger partial charge in [-0.15, -0.1) is 12.3 Å². The second kappa shape index (κ2) is 5.22. The molecule has 0 saturated heterocycles. The van der Waals surface area contributed by atoms with Crippen molar-refractivity contribution in [3.63, 3.8) is 0 Å². The van der Waals surface area contributed by atoms with Gasteiger partial charge in [0.05, 0.1) is 0 Å². The zero-order valence-electron chi connectivity index (χ0n) is 9.38. The summed E-state index contributed by atoms with van der Waals surface area (Å²) in [5.74, 6) is 5.60. The molecule has 0 aliphatic carbocycles. The highest BCUT2D eigenvalue weighted by Crippen LogP contribution is 2.26. The molecule has 3 heteroatoms. The topological polar surface area (TPSA) is 43.4 Å². The van der Waals surface area contributed by atoms with Crippen LogP contribution in [0.3, 0.4) is 0 Å². The smallest absolute Gasteiger partial charge is 0.330 e. The lowest BCUT2D eigenvalue weighted by Crippen LogP contribution is -2.31. The van der Waals surface area contributed by atoms with Gasteiger partial charge in [0.1, 0.15) is 5.92 Å². The maximum Gasteiger partial charge on any atom is 0.330 e. The molecule has 0 aromatic rings. The van der Waals surface area contributed by atoms with Crippen molar-refractivity contribution in [1.29, 1.82) is 0 Å². The van der Waals surface area contributed by atoms with Gasteiger partial charge >= 0.3 is 11.9 Å². The Hall–Kier alpha value is -1.74. The standard InChI is InChI=1S/C12H14O3/c1-6-8-10(12(4,5)7-2)11(14)15-9(3)13/h2,10H,1,3-5H3. The first-order valence-electron chi connectivity index (χ1n) is 4.47. The van der Waals surface area contributed by atoms with E-state index in [0.29, 0.717) is 0 Å². The third kappa shape index (κ3) is 3.87. The molecule has 0 bridgehead atoms. The predicted octanol–water partition coefficient (Wildman–Crippen LogP) is 1.37. The predicted molar refractivity (Wildman–Crippen MR) is 56.3 cm³/mol. The Morgan fingerprint density at radius 3 is 2.27 bits per heavy atom. The van der Waals surface area contributed by atoms with Gasteiger partial charge in [0.15, 0.2) is 0 Å². The van der Waals surface area contributed by atoms with Crippen LogP contribution in [0.2, 0.25) is 0 Å². The molecule has 0 aromatic heterocycles. The zero-order valence-corrected chi connectivity index (χ0v) is 9.38. The van der Waals surface area contributed by atoms with Gasteiger partial charge in [-0.05, 0) is 20.8 Å². The Morgan fingerprint density at radius 1 is 1.40 bits per heavy atom. The normalized spacial score (nSPS) is 11.7. The number of esters is 2. The minimum Gasteiger partial charge on any atom is -0.392 e. The number of carbonyl (C=O) groups is 2. The number of ether oxygens (including phenoxy) is 1. The molecule has 0 aliphatic heterocycles. The van der Waals surface area contributed by atoms with E-state index in [9.17, 15) is 9.59 Å². The van der Waals surface area contributed by atoms with Crippen LogP contribution in [0.15, 0.2) is 0 Å². The molecule has 80 valence electrons. The van der Waals surface area contributed by atoms with Crippen molar-refractivity contribution >= 4 is 11.9 Å². The Balaban J connectivity index is 4.98. The van der Waals surface area contributed by atoms with Crippen molar-refractivity contribution in [1.82, 2.24) is 0 Å². The Morgan fingerprint density at radius 2 is 1.93 bits per heavy atom. The summed E-state index contributed by atoms with van der Waals surface area (Å²) >= 11 is 0. The SMILES string of the molecule is C#CC(C)(C)C(C#CC)C(=O)OC(C)=O. The highest BCUT2D eigenvalue weighted by molar-refractivity contribution is 5.87. The molecule has 0 heterocycles. The summed E-state index contributed by atoms with van der Waals surface area (Å²) in [7, 11) is 0. The molecule has 0 spiro atoms. The lowest BCUT2D eigenvalue weighted by atomic mass is 9.80. The molecule has 0 N–H and O–H groups in total. The van der Waals surface area contributed by atoms with Crippen LogP contribution < -0.4 is 0 Å². The van der Waals surface area contributed by atoms with Crippen LogP contribution in [0.1, 0.15) is 27.7 Å². The van der Waals surface area contributed by atoms with Gasteiger partial charge in [-0.2, -0.15) is 0 Å². The van der Waals surface area contributed by atoms with E-state index in [0.717, 1.165) is 6.92 Å². The van der Waals surface area contributed by atoms with Crippen LogP contribution in [-0.4, -0.2) is 11.9 Å². The molecule has 0 rings (SSSR count). The minimum absolute atomic E-state index is 0.657. The van der Waals surface area contributed by atoms with E-state index in [2.05, 4.69) is 22.5 Å². The fraction of sp³-hybridized carbons (Fsp3) is 0.500. The molecule has 1 unspecified atom stereocenters. The van der Waals surface area contributed by atoms with Crippen LogP contribution in [0.5, 0.6) is 0 Å². The Kier molecular flexibility index (Phi) is 4.61. The summed E-state index contributed by atoms with van der Waals surface area (Å²) in [5.41, 5.74) is -0.754. The molecule has 15 heavy (non-hydrogen) atoms. The van der Waals surface area contributed by atoms with E-state index < -0.39 is 23.3 Å². The summed E-state index contributed by atoms with van der Waals surface area (Å²) < 4.78 is 4.48. The quantitative estimate of drug-likeness (QED) is 0.389. The molecule has 1 atom stereocenters. The van der Waals surface area contributed by atoms with E-state index in [1.54, 1.807) is 20.8 Å². The van der Waals surface area contributed by atoms with Gasteiger partial charge in [0, 0.05) is 12.3 Å². The Bertz CT molecular complexity index is 361. The third-order valence-corrected chi connectivity index (χ3v) is 1.86. The minimum atomic E-state index is -0.781. The van der Waals surface area contributed by atoms with Crippen LogP contribution in [0.25, 0.3) is 0 Å². The first kappa shape index (κ1) is 13.3. The van der Waals surface area contributed by atoms with Crippen molar-refractivity contribution in [2.45, 2.75) is 27.7 Å². The van der Waals surface area contributed by atoms with Gasteiger partial charge in [-0.3, -0.25) is 9.59 Å². The summed E-state index contributed by atoms with van der Waals surface area (Å²) in [4.78, 5) is 22.1. The van der Waals surface area contributed by atoms with E-state index in [1.165, 1.54) is 0 Å². The third-order valence-electron chi connectivity index (χ3n) is 1.86. The van der Waals surface area contributed by atoms with Crippen molar-refractivity contribution < 1.29 is 14.3 Å². The van der Waals surface area contributed by atoms with Crippen LogP contribution in [0, 0.1) is 35.5 Å². The van der Waals surface area contributed by atoms with Gasteiger partial charge < -0.3 is 4.74 Å². The zero-order chi connectivity index (χ0) is 12.1. The number of carbonyl (C=O) groups excluding carboxylic acids is 2. The molecule has 0 saturated carbocycles. The first-order chi connectivity index (χ1) is 6.85. The highest BCUT2D eigenvalue weighted by atomic mass is 16.6. The van der Waals surface area contributed by atoms with E-state index >= 15 is 0 Å². The van der Waals surface area contributed by atoms with E-state index in [4.69, 9.17) is 6.42 Å². The fourth-order valence-electron chi connectivity index (χ4n) is 0.962. The van der Waals surface area contributed by atoms with Crippen molar-refractivity contribution in [3.05, 3.63) is 0 Å². The number of hydrogen-bond acceptors (Lipinski definition) is 3. The monoisotopic (exact) mass is 206 g/mol. The summed E-state index contributed by atoms with van der Waals surface area (Å²) in [5, 5.41) is 0. The van der Waals surface area contributed by atoms with Gasteiger partial charge in [0.25, 0.3) is 0 Å². The second-order valence-corrected chi connectivity index (χ2v) is 3.61. The largest absolute Gasteiger partial charge is 0.392 e. The number of hydrogen-bond donors (Lipinski definition) is 0. The van der Waals surface area contributed by atoms with Gasteiger partial charge in [-0.25, -0.2) is 0 Å². The second-order valence-electron chi connectivity index (χ2n) is 3.61. The highest BCUT2D eigenvalue weighted by Gasteiger charge is 2.34. The van der Waals surface area contributed by atoms with Crippen molar-refractivity contribution in [2.75, 3.05) is 0 Å². The molecular formula is C12H14O3. The molecule has 0 aromatic carbocycles. The molecular weight excluding hydrogens is 192 g/mol. The van der Waals surface area contributed by atoms with Crippen LogP contribution >= 0.6 is 0 Å². The van der Waals surface area contributed by atoms with Gasteiger partial charge in [0.2, 0.25) is 0 Å². The lowest BCUT2D eigenvalue weighted by Gasteiger charge is -2.22. The summed E-state index contributed by atoms with van der Waals surface area (Å²) in [6.45, 7) is 6.16. The molecule has 0 aliphatic rings. The molecule has 0 radical (unpaired) electrons. The number of terminal acetylenes is 1. The van der Waals surface area contributed by atoms with E-state index in [1.807, 2.05) is 0 Å². The molecule has 0 fully saturated rings. The van der Waals surface area contributed by atoms with Crippen LogP contribution in [0.4, 0.5) is 0 Å². The van der Waals surface area contributed by atoms with Gasteiger partial charge in [-0.1, -0.05) is 11.8 Å². The molecule has 3 nitrogen and oxygen atoms in total. The average molecular weight is 206 g/mol. The maximum absolute atomic E-state index is 11.5. The fourth-order valence-corrected chi connectivity index (χ4v) is 0.962. The van der Waals surface area contributed by atoms with Crippen LogP contribution in [-0.2, 0) is 14.3 Å². The summed E-state index contributed by atoms with van der Waals surface area (Å²) in [6, 6.07) is 0.